The fourth-order valence-electron chi connectivity index (χ4n) is 3.36. The molecular weight excluding hydrogens is 386 g/mol. The van der Waals surface area contributed by atoms with Crippen molar-refractivity contribution >= 4 is 29.2 Å². The van der Waals surface area contributed by atoms with Crippen LogP contribution in [0.15, 0.2) is 47.6 Å². The Labute approximate surface area is 174 Å². The van der Waals surface area contributed by atoms with E-state index >= 15 is 0 Å². The lowest BCUT2D eigenvalue weighted by molar-refractivity contribution is -0.384. The Morgan fingerprint density at radius 3 is 2.73 bits per heavy atom. The number of carbonyl (C=O) groups is 1. The number of carbonyl (C=O) groups excluding carboxylic acids is 1. The van der Waals surface area contributed by atoms with Crippen LogP contribution in [0, 0.1) is 10.1 Å². The molecule has 2 N–H and O–H groups in total. The summed E-state index contributed by atoms with van der Waals surface area (Å²) in [7, 11) is 1.56. The van der Waals surface area contributed by atoms with Gasteiger partial charge in [0.2, 0.25) is 0 Å². The fourth-order valence-corrected chi connectivity index (χ4v) is 3.36. The van der Waals surface area contributed by atoms with Crippen LogP contribution in [-0.4, -0.2) is 43.8 Å². The molecule has 30 heavy (non-hydrogen) atoms. The van der Waals surface area contributed by atoms with Crippen molar-refractivity contribution in [3.63, 3.8) is 0 Å². The van der Waals surface area contributed by atoms with E-state index in [1.165, 1.54) is 24.8 Å². The molecule has 1 heterocycles. The number of para-hydroxylation sites is 2. The lowest BCUT2D eigenvalue weighted by Gasteiger charge is -2.29. The molecule has 0 aromatic heterocycles. The highest BCUT2D eigenvalue weighted by molar-refractivity contribution is 5.90. The van der Waals surface area contributed by atoms with E-state index in [0.29, 0.717) is 17.0 Å². The molecule has 2 aromatic carbocycles. The molecule has 2 aromatic rings. The Kier molecular flexibility index (Phi) is 7.20. The molecule has 0 saturated carbocycles. The van der Waals surface area contributed by atoms with Gasteiger partial charge in [-0.1, -0.05) is 12.1 Å². The van der Waals surface area contributed by atoms with Gasteiger partial charge in [0.05, 0.1) is 30.5 Å². The molecule has 3 rings (SSSR count). The van der Waals surface area contributed by atoms with Crippen molar-refractivity contribution in [2.24, 2.45) is 5.10 Å². The number of amides is 1. The molecule has 0 bridgehead atoms. The number of nitro benzene ring substituents is 1. The summed E-state index contributed by atoms with van der Waals surface area (Å²) in [4.78, 5) is 25.0. The summed E-state index contributed by atoms with van der Waals surface area (Å²) >= 11 is 0. The number of methoxy groups -OCH3 is 1. The van der Waals surface area contributed by atoms with Crippen LogP contribution in [0.25, 0.3) is 0 Å². The lowest BCUT2D eigenvalue weighted by atomic mass is 10.1. The highest BCUT2D eigenvalue weighted by Gasteiger charge is 2.17. The molecule has 1 saturated heterocycles. The quantitative estimate of drug-likeness (QED) is 0.392. The molecule has 0 spiro atoms. The molecule has 9 nitrogen and oxygen atoms in total. The Balaban J connectivity index is 1.65. The van der Waals surface area contributed by atoms with Gasteiger partial charge < -0.3 is 15.0 Å². The SMILES string of the molecule is COc1ccccc1NCC(=O)N/N=C/c1cc([N+](=O)[O-])ccc1N1CCCCC1. The second-order valence-electron chi connectivity index (χ2n) is 6.89. The summed E-state index contributed by atoms with van der Waals surface area (Å²) in [6.45, 7) is 1.80. The zero-order chi connectivity index (χ0) is 21.3. The number of rotatable bonds is 8. The minimum atomic E-state index is -0.437. The predicted octanol–water partition coefficient (Wildman–Crippen LogP) is 3.16. The van der Waals surface area contributed by atoms with E-state index < -0.39 is 4.92 Å². The van der Waals surface area contributed by atoms with Gasteiger partial charge in [-0.3, -0.25) is 14.9 Å². The van der Waals surface area contributed by atoms with Crippen LogP contribution in [0.4, 0.5) is 17.1 Å². The van der Waals surface area contributed by atoms with Crippen LogP contribution >= 0.6 is 0 Å². The Bertz CT molecular complexity index is 925. The van der Waals surface area contributed by atoms with E-state index in [1.54, 1.807) is 19.2 Å². The van der Waals surface area contributed by atoms with Crippen LogP contribution in [-0.2, 0) is 4.79 Å². The van der Waals surface area contributed by atoms with Gasteiger partial charge in [-0.2, -0.15) is 5.10 Å². The van der Waals surface area contributed by atoms with Gasteiger partial charge in [0.25, 0.3) is 11.6 Å². The van der Waals surface area contributed by atoms with Gasteiger partial charge in [-0.15, -0.1) is 0 Å². The van der Waals surface area contributed by atoms with E-state index in [2.05, 4.69) is 20.7 Å². The number of piperidine rings is 1. The average molecular weight is 411 g/mol. The minimum absolute atomic E-state index is 0.00559. The van der Waals surface area contributed by atoms with Crippen LogP contribution in [0.3, 0.4) is 0 Å². The Morgan fingerprint density at radius 2 is 2.00 bits per heavy atom. The molecule has 1 aliphatic rings. The molecule has 0 radical (unpaired) electrons. The summed E-state index contributed by atoms with van der Waals surface area (Å²) in [6.07, 6.45) is 4.80. The highest BCUT2D eigenvalue weighted by Crippen LogP contribution is 2.27. The van der Waals surface area contributed by atoms with E-state index in [-0.39, 0.29) is 18.1 Å². The number of hydrazone groups is 1. The normalized spacial score (nSPS) is 13.8. The zero-order valence-electron chi connectivity index (χ0n) is 16.8. The number of nitrogens with one attached hydrogen (secondary N) is 2. The van der Waals surface area contributed by atoms with Crippen LogP contribution in [0.1, 0.15) is 24.8 Å². The molecule has 1 fully saturated rings. The molecule has 0 unspecified atom stereocenters. The number of non-ortho nitro benzene ring substituents is 1. The third-order valence-corrected chi connectivity index (χ3v) is 4.86. The van der Waals surface area contributed by atoms with Crippen molar-refractivity contribution in [1.82, 2.24) is 5.43 Å². The number of nitrogens with zero attached hydrogens (tertiary/aromatic N) is 3. The van der Waals surface area contributed by atoms with Crippen molar-refractivity contribution in [2.45, 2.75) is 19.3 Å². The smallest absolute Gasteiger partial charge is 0.270 e. The number of anilines is 2. The molecule has 0 aliphatic carbocycles. The van der Waals surface area contributed by atoms with E-state index in [1.807, 2.05) is 18.2 Å². The molecule has 0 atom stereocenters. The fraction of sp³-hybridized carbons (Fsp3) is 0.333. The van der Waals surface area contributed by atoms with Gasteiger partial charge >= 0.3 is 0 Å². The summed E-state index contributed by atoms with van der Waals surface area (Å²) in [5, 5.41) is 18.2. The van der Waals surface area contributed by atoms with Gasteiger partial charge in [0.15, 0.2) is 0 Å². The maximum atomic E-state index is 12.1. The first kappa shape index (κ1) is 21.1. The van der Waals surface area contributed by atoms with Crippen LogP contribution in [0.2, 0.25) is 0 Å². The molecule has 9 heteroatoms. The van der Waals surface area contributed by atoms with Gasteiger partial charge in [-0.25, -0.2) is 5.43 Å². The Morgan fingerprint density at radius 1 is 1.23 bits per heavy atom. The molecule has 158 valence electrons. The maximum absolute atomic E-state index is 12.1. The third kappa shape index (κ3) is 5.47. The van der Waals surface area contributed by atoms with E-state index in [4.69, 9.17) is 4.74 Å². The third-order valence-electron chi connectivity index (χ3n) is 4.86. The van der Waals surface area contributed by atoms with Crippen molar-refractivity contribution in [3.8, 4) is 5.75 Å². The molecular formula is C21H25N5O4. The van der Waals surface area contributed by atoms with Crippen molar-refractivity contribution < 1.29 is 14.5 Å². The number of ether oxygens (including phenoxy) is 1. The van der Waals surface area contributed by atoms with Crippen molar-refractivity contribution in [1.29, 1.82) is 0 Å². The first-order chi connectivity index (χ1) is 14.6. The largest absolute Gasteiger partial charge is 0.495 e. The van der Waals surface area contributed by atoms with Crippen LogP contribution < -0.4 is 20.4 Å². The minimum Gasteiger partial charge on any atom is -0.495 e. The number of nitro groups is 1. The van der Waals surface area contributed by atoms with Gasteiger partial charge in [0.1, 0.15) is 5.75 Å². The average Bonchev–Trinajstić information content (AvgIpc) is 2.78. The summed E-state index contributed by atoms with van der Waals surface area (Å²) in [5.41, 5.74) is 4.62. The Hall–Kier alpha value is -3.62. The molecule has 1 aliphatic heterocycles. The number of hydrogen-bond donors (Lipinski definition) is 2. The summed E-state index contributed by atoms with van der Waals surface area (Å²) in [5.74, 6) is 0.290. The van der Waals surface area contributed by atoms with E-state index in [9.17, 15) is 14.9 Å². The van der Waals surface area contributed by atoms with Crippen LogP contribution in [0.5, 0.6) is 5.75 Å². The monoisotopic (exact) mass is 411 g/mol. The lowest BCUT2D eigenvalue weighted by Crippen LogP contribution is -2.30. The number of hydrogen-bond acceptors (Lipinski definition) is 7. The second kappa shape index (κ2) is 10.2. The summed E-state index contributed by atoms with van der Waals surface area (Å²) in [6, 6.07) is 12.0. The standard InChI is InChI=1S/C21H25N5O4/c1-30-20-8-4-3-7-18(20)22-15-21(27)24-23-14-16-13-17(26(28)29)9-10-19(16)25-11-5-2-6-12-25/h3-4,7-10,13-14,22H,2,5-6,11-12,15H2,1H3,(H,24,27)/b23-14+. The topological polar surface area (TPSA) is 109 Å². The number of benzene rings is 2. The second-order valence-corrected chi connectivity index (χ2v) is 6.89. The maximum Gasteiger partial charge on any atom is 0.270 e. The highest BCUT2D eigenvalue weighted by atomic mass is 16.6. The van der Waals surface area contributed by atoms with Gasteiger partial charge in [0, 0.05) is 36.5 Å². The van der Waals surface area contributed by atoms with Gasteiger partial charge in [-0.05, 0) is 37.5 Å². The zero-order valence-corrected chi connectivity index (χ0v) is 16.8. The summed E-state index contributed by atoms with van der Waals surface area (Å²) < 4.78 is 5.23. The molecule has 1 amide bonds. The predicted molar refractivity (Wildman–Crippen MR) is 116 cm³/mol. The first-order valence-corrected chi connectivity index (χ1v) is 9.80. The van der Waals surface area contributed by atoms with Crippen molar-refractivity contribution in [3.05, 3.63) is 58.1 Å². The van der Waals surface area contributed by atoms with E-state index in [0.717, 1.165) is 31.6 Å². The van der Waals surface area contributed by atoms with Crippen molar-refractivity contribution in [2.75, 3.05) is 37.0 Å². The first-order valence-electron chi connectivity index (χ1n) is 9.80.